The van der Waals surface area contributed by atoms with E-state index in [-0.39, 0.29) is 5.25 Å². The summed E-state index contributed by atoms with van der Waals surface area (Å²) in [6.07, 6.45) is 0.692. The second-order valence-corrected chi connectivity index (χ2v) is 10.9. The van der Waals surface area contributed by atoms with E-state index in [0.29, 0.717) is 6.42 Å². The highest BCUT2D eigenvalue weighted by Gasteiger charge is 2.52. The van der Waals surface area contributed by atoms with Crippen molar-refractivity contribution in [3.8, 4) is 0 Å². The quantitative estimate of drug-likeness (QED) is 0.257. The van der Waals surface area contributed by atoms with E-state index in [2.05, 4.69) is 93.6 Å². The van der Waals surface area contributed by atoms with Crippen molar-refractivity contribution in [3.63, 3.8) is 0 Å². The van der Waals surface area contributed by atoms with Crippen molar-refractivity contribution in [2.24, 2.45) is 5.16 Å². The monoisotopic (exact) mass is 546 g/mol. The molecule has 0 radical (unpaired) electrons. The number of anilines is 1. The van der Waals surface area contributed by atoms with Gasteiger partial charge in [0.2, 0.25) is 5.72 Å². The fourth-order valence-electron chi connectivity index (χ4n) is 4.70. The normalized spacial score (nSPS) is 21.2. The van der Waals surface area contributed by atoms with Gasteiger partial charge >= 0.3 is 0 Å². The second kappa shape index (κ2) is 8.81. The molecule has 0 saturated heterocycles. The Morgan fingerprint density at radius 1 is 0.912 bits per heavy atom. The summed E-state index contributed by atoms with van der Waals surface area (Å²) >= 11 is 11.9. The third kappa shape index (κ3) is 3.72. The van der Waals surface area contributed by atoms with Crippen LogP contribution >= 0.6 is 39.3 Å². The van der Waals surface area contributed by atoms with Crippen LogP contribution in [-0.2, 0) is 10.6 Å². The molecule has 3 nitrogen and oxygen atoms in total. The Labute approximate surface area is 216 Å². The van der Waals surface area contributed by atoms with Gasteiger partial charge in [0, 0.05) is 37.2 Å². The first-order valence-electron chi connectivity index (χ1n) is 11.0. The molecule has 6 rings (SSSR count). The van der Waals surface area contributed by atoms with Gasteiger partial charge < -0.3 is 4.84 Å². The molecule has 0 fully saturated rings. The van der Waals surface area contributed by atoms with Crippen molar-refractivity contribution >= 4 is 50.8 Å². The fourth-order valence-corrected chi connectivity index (χ4v) is 6.63. The summed E-state index contributed by atoms with van der Waals surface area (Å²) in [6, 6.07) is 35.2. The van der Waals surface area contributed by atoms with Crippen LogP contribution in [0.5, 0.6) is 0 Å². The zero-order valence-electron chi connectivity index (χ0n) is 18.1. The molecule has 0 unspecified atom stereocenters. The Morgan fingerprint density at radius 2 is 1.71 bits per heavy atom. The molecule has 0 bridgehead atoms. The molecule has 4 aromatic rings. The Hall–Kier alpha value is -2.73. The number of para-hydroxylation sites is 1. The lowest BCUT2D eigenvalue weighted by Gasteiger charge is -2.37. The Balaban J connectivity index is 1.58. The number of hydrogen-bond donors (Lipinski definition) is 0. The van der Waals surface area contributed by atoms with Gasteiger partial charge in [0.05, 0.1) is 5.69 Å². The van der Waals surface area contributed by atoms with Gasteiger partial charge in [-0.05, 0) is 42.0 Å². The summed E-state index contributed by atoms with van der Waals surface area (Å²) in [5.41, 5.74) is 3.51. The highest BCUT2D eigenvalue weighted by Crippen LogP contribution is 2.56. The van der Waals surface area contributed by atoms with Crippen LogP contribution in [0.15, 0.2) is 118 Å². The first-order chi connectivity index (χ1) is 16.6. The van der Waals surface area contributed by atoms with E-state index in [9.17, 15) is 0 Å². The Morgan fingerprint density at radius 3 is 2.53 bits per heavy atom. The van der Waals surface area contributed by atoms with Crippen molar-refractivity contribution in [1.82, 2.24) is 0 Å². The van der Waals surface area contributed by atoms with Crippen LogP contribution in [0.4, 0.5) is 5.69 Å². The lowest BCUT2D eigenvalue weighted by Crippen LogP contribution is -2.47. The highest BCUT2D eigenvalue weighted by molar-refractivity contribution is 9.10. The summed E-state index contributed by atoms with van der Waals surface area (Å²) < 4.78 is 0.999. The van der Waals surface area contributed by atoms with Crippen LogP contribution < -0.4 is 4.90 Å². The minimum absolute atomic E-state index is 0.113. The third-order valence-corrected chi connectivity index (χ3v) is 8.27. The van der Waals surface area contributed by atoms with Crippen molar-refractivity contribution in [3.05, 3.63) is 129 Å². The largest absolute Gasteiger partial charge is 0.360 e. The number of nitrogens with zero attached hydrogens (tertiary/aromatic N) is 2. The number of halogens is 2. The van der Waals surface area contributed by atoms with E-state index >= 15 is 0 Å². The van der Waals surface area contributed by atoms with Gasteiger partial charge in [-0.2, -0.15) is 0 Å². The summed E-state index contributed by atoms with van der Waals surface area (Å²) in [5.74, 6) is 0.796. The number of hydrogen-bond acceptors (Lipinski definition) is 4. The van der Waals surface area contributed by atoms with Gasteiger partial charge in [-0.15, -0.1) is 11.8 Å². The molecule has 2 aliphatic rings. The van der Waals surface area contributed by atoms with E-state index < -0.39 is 5.72 Å². The number of benzene rings is 4. The molecular formula is C28H20BrClN2OS. The number of amidine groups is 1. The van der Waals surface area contributed by atoms with Crippen LogP contribution in [0.3, 0.4) is 0 Å². The lowest BCUT2D eigenvalue weighted by molar-refractivity contribution is -0.0283. The van der Waals surface area contributed by atoms with Gasteiger partial charge in [0.15, 0.2) is 5.84 Å². The van der Waals surface area contributed by atoms with Crippen LogP contribution in [0.2, 0.25) is 5.02 Å². The van der Waals surface area contributed by atoms with Crippen molar-refractivity contribution in [2.45, 2.75) is 22.3 Å². The lowest BCUT2D eigenvalue weighted by atomic mass is 9.92. The summed E-state index contributed by atoms with van der Waals surface area (Å²) in [4.78, 5) is 9.96. The zero-order chi connectivity index (χ0) is 23.1. The Kier molecular flexibility index (Phi) is 5.64. The first-order valence-corrected chi connectivity index (χ1v) is 13.1. The molecule has 0 spiro atoms. The maximum absolute atomic E-state index is 6.51. The van der Waals surface area contributed by atoms with Gasteiger partial charge in [0.25, 0.3) is 0 Å². The minimum Gasteiger partial charge on any atom is -0.360 e. The summed E-state index contributed by atoms with van der Waals surface area (Å²) in [7, 11) is 0. The average Bonchev–Trinajstić information content (AvgIpc) is 3.17. The zero-order valence-corrected chi connectivity index (χ0v) is 21.2. The third-order valence-electron chi connectivity index (χ3n) is 6.22. The maximum Gasteiger partial charge on any atom is 0.242 e. The predicted octanol–water partition coefficient (Wildman–Crippen LogP) is 8.39. The van der Waals surface area contributed by atoms with Crippen LogP contribution in [0.1, 0.15) is 28.4 Å². The number of thioether (sulfide) groups is 1. The number of rotatable bonds is 3. The van der Waals surface area contributed by atoms with E-state index in [1.165, 1.54) is 10.5 Å². The van der Waals surface area contributed by atoms with Crippen LogP contribution in [0.25, 0.3) is 0 Å². The first kappa shape index (κ1) is 21.8. The Bertz CT molecular complexity index is 1400. The van der Waals surface area contributed by atoms with Crippen LogP contribution in [0, 0.1) is 0 Å². The molecule has 2 atom stereocenters. The average molecular weight is 548 g/mol. The van der Waals surface area contributed by atoms with Crippen molar-refractivity contribution in [2.75, 3.05) is 4.90 Å². The predicted molar refractivity (Wildman–Crippen MR) is 143 cm³/mol. The number of oxime groups is 1. The van der Waals surface area contributed by atoms with E-state index in [4.69, 9.17) is 21.6 Å². The SMILES string of the molecule is Clc1cccc([C@H]2C[C@@]3(c4ccccc4)ON=C(c4cccc(Br)c4)N3c3ccccc3S2)c1. The second-order valence-electron chi connectivity index (χ2n) is 8.34. The van der Waals surface area contributed by atoms with E-state index in [0.717, 1.165) is 32.1 Å². The minimum atomic E-state index is -0.800. The number of fused-ring (bicyclic) bond motifs is 3. The molecule has 0 aliphatic carbocycles. The molecule has 168 valence electrons. The molecule has 0 aromatic heterocycles. The van der Waals surface area contributed by atoms with Crippen molar-refractivity contribution < 1.29 is 4.84 Å². The standard InChI is InChI=1S/C28H20BrClN2OS/c29-22-12-6-9-20(16-22)27-31-33-28(21-10-2-1-3-11-21)18-26(19-8-7-13-23(30)17-19)34-25-15-5-4-14-24(25)32(27)28/h1-17,26H,18H2/t26-,28+/m1/s1. The highest BCUT2D eigenvalue weighted by atomic mass is 79.9. The van der Waals surface area contributed by atoms with Gasteiger partial charge in [0.1, 0.15) is 0 Å². The molecule has 6 heteroatoms. The molecule has 34 heavy (non-hydrogen) atoms. The van der Waals surface area contributed by atoms with E-state index in [1.54, 1.807) is 0 Å². The molecule has 2 heterocycles. The topological polar surface area (TPSA) is 24.8 Å². The van der Waals surface area contributed by atoms with Gasteiger partial charge in [-0.1, -0.05) is 99.4 Å². The molecule has 0 N–H and O–H groups in total. The van der Waals surface area contributed by atoms with Crippen molar-refractivity contribution in [1.29, 1.82) is 0 Å². The molecule has 2 aliphatic heterocycles. The van der Waals surface area contributed by atoms with Crippen LogP contribution in [-0.4, -0.2) is 5.84 Å². The summed E-state index contributed by atoms with van der Waals surface area (Å²) in [5, 5.41) is 5.56. The molecule has 0 amide bonds. The molecule has 4 aromatic carbocycles. The maximum atomic E-state index is 6.51. The smallest absolute Gasteiger partial charge is 0.242 e. The fraction of sp³-hybridized carbons (Fsp3) is 0.107. The van der Waals surface area contributed by atoms with E-state index in [1.807, 2.05) is 42.1 Å². The molecule has 0 saturated carbocycles. The van der Waals surface area contributed by atoms with Gasteiger partial charge in [-0.25, -0.2) is 0 Å². The summed E-state index contributed by atoms with van der Waals surface area (Å²) in [6.45, 7) is 0. The van der Waals surface area contributed by atoms with Gasteiger partial charge in [-0.3, -0.25) is 4.90 Å². The molecular weight excluding hydrogens is 528 g/mol.